The summed E-state index contributed by atoms with van der Waals surface area (Å²) < 4.78 is 30.5. The largest absolute Gasteiger partial charge is 0.310 e. The fourth-order valence-electron chi connectivity index (χ4n) is 4.45. The van der Waals surface area contributed by atoms with E-state index in [9.17, 15) is 0 Å². The molecule has 0 aromatic heterocycles. The quantitative estimate of drug-likeness (QED) is 0.461. The summed E-state index contributed by atoms with van der Waals surface area (Å²) in [6.07, 6.45) is 0. The van der Waals surface area contributed by atoms with Gasteiger partial charge in [-0.2, -0.15) is 0 Å². The normalized spacial score (nSPS) is 18.5. The molecule has 144 valence electrons. The van der Waals surface area contributed by atoms with Gasteiger partial charge in [0.25, 0.3) is 5.92 Å². The summed E-state index contributed by atoms with van der Waals surface area (Å²) >= 11 is 0. The van der Waals surface area contributed by atoms with Crippen LogP contribution in [0.15, 0.2) is 78.9 Å². The number of hydrogen-bond acceptors (Lipinski definition) is 1. The highest BCUT2D eigenvalue weighted by molar-refractivity contribution is 5.77. The maximum atomic E-state index is 15.3. The van der Waals surface area contributed by atoms with Crippen LogP contribution in [0, 0.1) is 0 Å². The molecule has 1 aliphatic rings. The number of alkyl halides is 2. The lowest BCUT2D eigenvalue weighted by atomic mass is 9.77. The molecule has 0 unspecified atom stereocenters. The van der Waals surface area contributed by atoms with E-state index >= 15 is 8.78 Å². The second-order valence-corrected chi connectivity index (χ2v) is 8.56. The van der Waals surface area contributed by atoms with Gasteiger partial charge in [0, 0.05) is 17.1 Å². The Hall–Kier alpha value is -2.68. The van der Waals surface area contributed by atoms with Crippen LogP contribution >= 0.6 is 0 Å². The molecular formula is C25H25F2N. The number of benzene rings is 3. The molecule has 0 fully saturated rings. The number of fused-ring (bicyclic) bond motifs is 1. The van der Waals surface area contributed by atoms with Crippen molar-refractivity contribution in [2.24, 2.45) is 0 Å². The van der Waals surface area contributed by atoms with Gasteiger partial charge in [0.05, 0.1) is 10.8 Å². The molecule has 28 heavy (non-hydrogen) atoms. The topological polar surface area (TPSA) is 3.24 Å². The van der Waals surface area contributed by atoms with Crippen LogP contribution in [-0.4, -0.2) is 5.92 Å². The standard InChI is InChI=1S/C25H25F2N/c1-23(2)21-16-15-20(17-22(21)24(3,4)25(23,26)27)28(18-11-7-5-8-12-18)19-13-9-6-10-14-19/h5-17H,1-4H3. The molecule has 1 nitrogen and oxygen atoms in total. The number of rotatable bonds is 3. The molecular weight excluding hydrogens is 352 g/mol. The highest BCUT2D eigenvalue weighted by Gasteiger charge is 2.65. The van der Waals surface area contributed by atoms with E-state index < -0.39 is 16.8 Å². The zero-order valence-electron chi connectivity index (χ0n) is 16.7. The number of para-hydroxylation sites is 2. The van der Waals surface area contributed by atoms with Crippen LogP contribution in [0.5, 0.6) is 0 Å². The molecule has 3 aromatic rings. The molecule has 0 spiro atoms. The van der Waals surface area contributed by atoms with Crippen molar-refractivity contribution in [2.45, 2.75) is 44.4 Å². The van der Waals surface area contributed by atoms with E-state index in [1.54, 1.807) is 27.7 Å². The van der Waals surface area contributed by atoms with E-state index in [0.29, 0.717) is 0 Å². The highest BCUT2D eigenvalue weighted by atomic mass is 19.3. The van der Waals surface area contributed by atoms with E-state index in [1.807, 2.05) is 78.9 Å². The number of nitrogens with zero attached hydrogens (tertiary/aromatic N) is 1. The molecule has 0 saturated carbocycles. The van der Waals surface area contributed by atoms with Gasteiger partial charge in [0.2, 0.25) is 0 Å². The average molecular weight is 377 g/mol. The molecule has 4 rings (SSSR count). The van der Waals surface area contributed by atoms with Crippen molar-refractivity contribution >= 4 is 17.1 Å². The lowest BCUT2D eigenvalue weighted by molar-refractivity contribution is -0.105. The molecule has 0 bridgehead atoms. The van der Waals surface area contributed by atoms with Crippen LogP contribution in [-0.2, 0) is 10.8 Å². The second kappa shape index (κ2) is 6.16. The number of hydrogen-bond donors (Lipinski definition) is 0. The molecule has 1 aliphatic carbocycles. The first-order valence-electron chi connectivity index (χ1n) is 9.61. The Morgan fingerprint density at radius 1 is 0.571 bits per heavy atom. The van der Waals surface area contributed by atoms with Crippen LogP contribution in [0.1, 0.15) is 38.8 Å². The second-order valence-electron chi connectivity index (χ2n) is 8.56. The monoisotopic (exact) mass is 377 g/mol. The van der Waals surface area contributed by atoms with Gasteiger partial charge in [-0.15, -0.1) is 0 Å². The molecule has 3 heteroatoms. The maximum absolute atomic E-state index is 15.3. The molecule has 0 aliphatic heterocycles. The predicted molar refractivity (Wildman–Crippen MR) is 112 cm³/mol. The number of halogens is 2. The Bertz CT molecular complexity index is 952. The Balaban J connectivity index is 1.92. The van der Waals surface area contributed by atoms with Crippen molar-refractivity contribution in [1.82, 2.24) is 0 Å². The van der Waals surface area contributed by atoms with Gasteiger partial charge in [0.15, 0.2) is 0 Å². The van der Waals surface area contributed by atoms with Crippen LogP contribution in [0.2, 0.25) is 0 Å². The van der Waals surface area contributed by atoms with E-state index in [2.05, 4.69) is 4.90 Å². The van der Waals surface area contributed by atoms with E-state index in [0.717, 1.165) is 28.2 Å². The molecule has 0 heterocycles. The first-order chi connectivity index (χ1) is 13.2. The maximum Gasteiger partial charge on any atom is 0.266 e. The predicted octanol–water partition coefficient (Wildman–Crippen LogP) is 7.36. The lowest BCUT2D eigenvalue weighted by Gasteiger charge is -2.35. The van der Waals surface area contributed by atoms with Crippen LogP contribution in [0.4, 0.5) is 25.8 Å². The van der Waals surface area contributed by atoms with Gasteiger partial charge < -0.3 is 4.90 Å². The Morgan fingerprint density at radius 2 is 1.04 bits per heavy atom. The third kappa shape index (κ3) is 2.49. The van der Waals surface area contributed by atoms with Gasteiger partial charge >= 0.3 is 0 Å². The summed E-state index contributed by atoms with van der Waals surface area (Å²) in [6, 6.07) is 25.8. The molecule has 3 aromatic carbocycles. The summed E-state index contributed by atoms with van der Waals surface area (Å²) in [6.45, 7) is 6.60. The molecule has 0 radical (unpaired) electrons. The van der Waals surface area contributed by atoms with Gasteiger partial charge in [-0.25, -0.2) is 8.78 Å². The first-order valence-corrected chi connectivity index (χ1v) is 9.61. The summed E-state index contributed by atoms with van der Waals surface area (Å²) in [7, 11) is 0. The van der Waals surface area contributed by atoms with Gasteiger partial charge in [-0.05, 0) is 75.2 Å². The van der Waals surface area contributed by atoms with Crippen molar-refractivity contribution in [3.05, 3.63) is 90.0 Å². The molecule has 0 amide bonds. The Labute approximate surface area is 165 Å². The van der Waals surface area contributed by atoms with Gasteiger partial charge in [-0.3, -0.25) is 0 Å². The molecule has 0 saturated heterocycles. The fraction of sp³-hybridized carbons (Fsp3) is 0.280. The third-order valence-electron chi connectivity index (χ3n) is 6.21. The SMILES string of the molecule is CC1(C)c2ccc(N(c3ccccc3)c3ccccc3)cc2C(C)(C)C1(F)F. The summed E-state index contributed by atoms with van der Waals surface area (Å²) in [5.74, 6) is -2.83. The Morgan fingerprint density at radius 3 is 1.54 bits per heavy atom. The first kappa shape index (κ1) is 18.7. The van der Waals surface area contributed by atoms with Crippen molar-refractivity contribution < 1.29 is 8.78 Å². The minimum atomic E-state index is -2.83. The molecule has 0 atom stereocenters. The smallest absolute Gasteiger partial charge is 0.266 e. The zero-order valence-corrected chi connectivity index (χ0v) is 16.7. The minimum absolute atomic E-state index is 0.719. The average Bonchev–Trinajstić information content (AvgIpc) is 2.79. The summed E-state index contributed by atoms with van der Waals surface area (Å²) in [5.41, 5.74) is 1.89. The molecule has 0 N–H and O–H groups in total. The van der Waals surface area contributed by atoms with Crippen LogP contribution < -0.4 is 4.90 Å². The summed E-state index contributed by atoms with van der Waals surface area (Å²) in [4.78, 5) is 2.11. The number of anilines is 3. The lowest BCUT2D eigenvalue weighted by Crippen LogP contribution is -2.46. The van der Waals surface area contributed by atoms with Gasteiger partial charge in [0.1, 0.15) is 0 Å². The van der Waals surface area contributed by atoms with Crippen molar-refractivity contribution in [2.75, 3.05) is 4.90 Å². The van der Waals surface area contributed by atoms with Gasteiger partial charge in [-0.1, -0.05) is 42.5 Å². The Kier molecular flexibility index (Phi) is 4.11. The fourth-order valence-corrected chi connectivity index (χ4v) is 4.45. The zero-order chi connectivity index (χ0) is 20.2. The highest BCUT2D eigenvalue weighted by Crippen LogP contribution is 2.60. The van der Waals surface area contributed by atoms with Crippen molar-refractivity contribution in [3.8, 4) is 0 Å². The van der Waals surface area contributed by atoms with Crippen molar-refractivity contribution in [1.29, 1.82) is 0 Å². The summed E-state index contributed by atoms with van der Waals surface area (Å²) in [5, 5.41) is 0. The van der Waals surface area contributed by atoms with Crippen LogP contribution in [0.25, 0.3) is 0 Å². The van der Waals surface area contributed by atoms with E-state index in [1.165, 1.54) is 0 Å². The van der Waals surface area contributed by atoms with Crippen LogP contribution in [0.3, 0.4) is 0 Å². The third-order valence-corrected chi connectivity index (χ3v) is 6.21. The van der Waals surface area contributed by atoms with E-state index in [-0.39, 0.29) is 0 Å². The van der Waals surface area contributed by atoms with Crippen molar-refractivity contribution in [3.63, 3.8) is 0 Å². The van der Waals surface area contributed by atoms with E-state index in [4.69, 9.17) is 0 Å². The minimum Gasteiger partial charge on any atom is -0.310 e.